The highest BCUT2D eigenvalue weighted by atomic mass is 35.5. The van der Waals surface area contributed by atoms with Gasteiger partial charge in [0.25, 0.3) is 0 Å². The van der Waals surface area contributed by atoms with E-state index in [0.29, 0.717) is 10.6 Å². The van der Waals surface area contributed by atoms with E-state index in [1.165, 1.54) is 0 Å². The summed E-state index contributed by atoms with van der Waals surface area (Å²) < 4.78 is 0. The van der Waals surface area contributed by atoms with E-state index >= 15 is 0 Å². The van der Waals surface area contributed by atoms with Gasteiger partial charge in [-0.2, -0.15) is 0 Å². The van der Waals surface area contributed by atoms with Crippen LogP contribution in [0.25, 0.3) is 45.3 Å². The van der Waals surface area contributed by atoms with Gasteiger partial charge in [-0.15, -0.1) is 11.6 Å². The van der Waals surface area contributed by atoms with Crippen molar-refractivity contribution in [3.05, 3.63) is 58.1 Å². The Morgan fingerprint density at radius 3 is 2.68 bits per heavy atom. The van der Waals surface area contributed by atoms with Gasteiger partial charge in [0.15, 0.2) is 0 Å². The van der Waals surface area contributed by atoms with Gasteiger partial charge in [0.05, 0.1) is 5.38 Å². The number of alkyl halides is 1. The number of aromatic amines is 3. The summed E-state index contributed by atoms with van der Waals surface area (Å²) in [5, 5.41) is 13.1. The number of fused-ring (bicyclic) bond motifs is 2. The highest BCUT2D eigenvalue weighted by Crippen LogP contribution is 2.38. The first-order valence-electron chi connectivity index (χ1n) is 8.78. The minimum Gasteiger partial charge on any atom is -0.477 e. The zero-order valence-corrected chi connectivity index (χ0v) is 16.0. The van der Waals surface area contributed by atoms with Gasteiger partial charge in [0.2, 0.25) is 0 Å². The molecule has 0 fully saturated rings. The van der Waals surface area contributed by atoms with Crippen molar-refractivity contribution in [3.63, 3.8) is 0 Å². The number of carboxylic acid groups (broad SMARTS) is 1. The van der Waals surface area contributed by atoms with Crippen LogP contribution in [0, 0.1) is 0 Å². The lowest BCUT2D eigenvalue weighted by Gasteiger charge is -2.07. The number of benzene rings is 1. The molecule has 0 spiro atoms. The number of nitrogens with one attached hydrogen (secondary N) is 3. The highest BCUT2D eigenvalue weighted by Gasteiger charge is 2.23. The monoisotopic (exact) mass is 411 g/mol. The average molecular weight is 412 g/mol. The second-order valence-corrected chi connectivity index (χ2v) is 7.80. The van der Waals surface area contributed by atoms with Gasteiger partial charge in [0.1, 0.15) is 5.69 Å². The predicted molar refractivity (Wildman–Crippen MR) is 112 cm³/mol. The molecular weight excluding hydrogens is 397 g/mol. The molecule has 28 heavy (non-hydrogen) atoms. The second kappa shape index (κ2) is 6.33. The Kier molecular flexibility index (Phi) is 3.89. The maximum atomic E-state index is 11.9. The normalized spacial score (nSPS) is 15.9. The van der Waals surface area contributed by atoms with Crippen LogP contribution in [0.1, 0.15) is 16.9 Å². The molecule has 5 rings (SSSR count). The van der Waals surface area contributed by atoms with Gasteiger partial charge >= 0.3 is 5.97 Å². The molecule has 1 unspecified atom stereocenters. The number of aromatic nitrogens is 3. The lowest BCUT2D eigenvalue weighted by Crippen LogP contribution is -2.28. The zero-order chi connectivity index (χ0) is 19.4. The minimum absolute atomic E-state index is 0.0877. The number of hydrogen-bond donors (Lipinski definition) is 4. The van der Waals surface area contributed by atoms with Crippen molar-refractivity contribution in [3.8, 4) is 22.3 Å². The summed E-state index contributed by atoms with van der Waals surface area (Å²) in [6.45, 7) is 0. The van der Waals surface area contributed by atoms with Gasteiger partial charge in [-0.1, -0.05) is 23.8 Å². The molecule has 0 saturated carbocycles. The van der Waals surface area contributed by atoms with Crippen molar-refractivity contribution < 1.29 is 9.90 Å². The summed E-state index contributed by atoms with van der Waals surface area (Å²) in [6, 6.07) is 5.52. The summed E-state index contributed by atoms with van der Waals surface area (Å²) in [6.07, 6.45) is 10.3. The van der Waals surface area contributed by atoms with Gasteiger partial charge in [-0.25, -0.2) is 4.79 Å². The van der Waals surface area contributed by atoms with Gasteiger partial charge in [-0.05, 0) is 24.6 Å². The number of rotatable bonds is 3. The molecule has 1 aromatic carbocycles. The lowest BCUT2D eigenvalue weighted by molar-refractivity contribution is 0.0692. The highest BCUT2D eigenvalue weighted by molar-refractivity contribution is 6.31. The number of aromatic carboxylic acids is 1. The topological polar surface area (TPSA) is 84.7 Å². The van der Waals surface area contributed by atoms with Gasteiger partial charge < -0.3 is 20.1 Å². The third kappa shape index (κ3) is 2.58. The van der Waals surface area contributed by atoms with Crippen molar-refractivity contribution >= 4 is 52.2 Å². The number of carboxylic acids is 1. The van der Waals surface area contributed by atoms with E-state index in [4.69, 9.17) is 23.2 Å². The van der Waals surface area contributed by atoms with Crippen LogP contribution in [0.15, 0.2) is 36.8 Å². The van der Waals surface area contributed by atoms with E-state index in [0.717, 1.165) is 44.6 Å². The van der Waals surface area contributed by atoms with E-state index in [1.54, 1.807) is 12.3 Å². The largest absolute Gasteiger partial charge is 0.477 e. The summed E-state index contributed by atoms with van der Waals surface area (Å²) >= 11 is 12.5. The first kappa shape index (κ1) is 17.2. The zero-order valence-electron chi connectivity index (χ0n) is 14.5. The lowest BCUT2D eigenvalue weighted by atomic mass is 9.96. The first-order chi connectivity index (χ1) is 13.5. The second-order valence-electron chi connectivity index (χ2n) is 6.80. The van der Waals surface area contributed by atoms with Crippen molar-refractivity contribution in [2.24, 2.45) is 0 Å². The van der Waals surface area contributed by atoms with E-state index in [-0.39, 0.29) is 11.1 Å². The van der Waals surface area contributed by atoms with Crippen LogP contribution in [0.2, 0.25) is 5.02 Å². The SMILES string of the molecule is O=C(O)c1[nH]cc(-c2c[nH]c3c2=CC(Cl)CC=3)c1-c1c[nH]c2ccc(Cl)cc12. The smallest absolute Gasteiger partial charge is 0.352 e. The number of hydrogen-bond acceptors (Lipinski definition) is 1. The quantitative estimate of drug-likeness (QED) is 0.383. The minimum atomic E-state index is -1.02. The maximum absolute atomic E-state index is 11.9. The molecule has 4 aromatic rings. The number of H-pyrrole nitrogens is 3. The fourth-order valence-electron chi connectivity index (χ4n) is 3.88. The molecule has 3 aromatic heterocycles. The van der Waals surface area contributed by atoms with Crippen molar-refractivity contribution in [1.29, 1.82) is 0 Å². The Morgan fingerprint density at radius 2 is 1.86 bits per heavy atom. The summed E-state index contributed by atoms with van der Waals surface area (Å²) in [4.78, 5) is 21.3. The summed E-state index contributed by atoms with van der Waals surface area (Å²) in [7, 11) is 0. The predicted octanol–water partition coefficient (Wildman–Crippen LogP) is 4.08. The molecule has 5 nitrogen and oxygen atoms in total. The van der Waals surface area contributed by atoms with Crippen LogP contribution >= 0.6 is 23.2 Å². The molecular formula is C21H15Cl2N3O2. The van der Waals surface area contributed by atoms with E-state index in [9.17, 15) is 9.90 Å². The average Bonchev–Trinajstić information content (AvgIpc) is 3.36. The fraction of sp³-hybridized carbons (Fsp3) is 0.0952. The summed E-state index contributed by atoms with van der Waals surface area (Å²) in [5.74, 6) is -1.02. The third-order valence-corrected chi connectivity index (χ3v) is 5.68. The van der Waals surface area contributed by atoms with Gasteiger partial charge in [0, 0.05) is 67.3 Å². The van der Waals surface area contributed by atoms with E-state index in [2.05, 4.69) is 21.0 Å². The van der Waals surface area contributed by atoms with Crippen LogP contribution in [0.4, 0.5) is 0 Å². The first-order valence-corrected chi connectivity index (χ1v) is 9.60. The molecule has 1 aliphatic rings. The van der Waals surface area contributed by atoms with Crippen LogP contribution < -0.4 is 10.6 Å². The van der Waals surface area contributed by atoms with E-state index < -0.39 is 5.97 Å². The van der Waals surface area contributed by atoms with Crippen molar-refractivity contribution in [2.45, 2.75) is 11.8 Å². The molecule has 1 atom stereocenters. The summed E-state index contributed by atoms with van der Waals surface area (Å²) in [5.41, 5.74) is 4.13. The number of halogens is 2. The van der Waals surface area contributed by atoms with Crippen LogP contribution in [0.3, 0.4) is 0 Å². The van der Waals surface area contributed by atoms with Crippen molar-refractivity contribution in [2.75, 3.05) is 0 Å². The maximum Gasteiger partial charge on any atom is 0.352 e. The van der Waals surface area contributed by atoms with E-state index in [1.807, 2.05) is 30.6 Å². The Balaban J connectivity index is 1.84. The standard InChI is InChI=1S/C21H15Cl2N3O2/c22-10-1-3-17-12(5-10)14(7-24-17)16-9-26-20(21(27)28)19(16)15-8-25-18-4-2-11(23)6-13(15)18/h2-10,24-26H,1H2,(H,27,28). The van der Waals surface area contributed by atoms with Crippen LogP contribution in [-0.4, -0.2) is 31.4 Å². The van der Waals surface area contributed by atoms with Gasteiger partial charge in [-0.3, -0.25) is 0 Å². The number of carbonyl (C=O) groups is 1. The molecule has 0 bridgehead atoms. The molecule has 3 heterocycles. The molecule has 0 radical (unpaired) electrons. The van der Waals surface area contributed by atoms with Crippen molar-refractivity contribution in [1.82, 2.24) is 15.0 Å². The molecule has 7 heteroatoms. The van der Waals surface area contributed by atoms with Crippen LogP contribution in [0.5, 0.6) is 0 Å². The molecule has 4 N–H and O–H groups in total. The molecule has 140 valence electrons. The fourth-order valence-corrected chi connectivity index (χ4v) is 4.27. The Hall–Kier alpha value is -2.89. The third-order valence-electron chi connectivity index (χ3n) is 5.14. The molecule has 1 aliphatic carbocycles. The Labute approximate surface area is 169 Å². The van der Waals surface area contributed by atoms with Crippen LogP contribution in [-0.2, 0) is 0 Å². The molecule has 0 saturated heterocycles. The molecule has 0 amide bonds. The Morgan fingerprint density at radius 1 is 1.07 bits per heavy atom. The Bertz CT molecular complexity index is 1360. The molecule has 0 aliphatic heterocycles.